The second-order valence-corrected chi connectivity index (χ2v) is 3.74. The van der Waals surface area contributed by atoms with E-state index in [0.29, 0.717) is 0 Å². The summed E-state index contributed by atoms with van der Waals surface area (Å²) in [5.41, 5.74) is 11.0. The number of fused-ring (bicyclic) bond motifs is 1. The van der Waals surface area contributed by atoms with Crippen molar-refractivity contribution in [3.63, 3.8) is 0 Å². The van der Waals surface area contributed by atoms with E-state index in [4.69, 9.17) is 10.3 Å². The number of nitrogens with zero attached hydrogens (tertiary/aromatic N) is 3. The van der Waals surface area contributed by atoms with Gasteiger partial charge in [-0.25, -0.2) is 0 Å². The minimum absolute atomic E-state index is 0.121. The number of methoxy groups -OCH3 is 1. The zero-order valence-corrected chi connectivity index (χ0v) is 8.68. The molecule has 78 valence electrons. The van der Waals surface area contributed by atoms with E-state index >= 15 is 0 Å². The third kappa shape index (κ3) is 2.05. The van der Waals surface area contributed by atoms with Gasteiger partial charge in [-0.3, -0.25) is 0 Å². The average Bonchev–Trinajstić information content (AvgIpc) is 2.29. The topological polar surface area (TPSA) is 58.0 Å². The predicted molar refractivity (Wildman–Crippen MR) is 58.0 cm³/mol. The Balaban J connectivity index is 2.24. The molecular weight excluding hydrogens is 190 g/mol. The molecule has 0 radical (unpaired) electrons. The minimum atomic E-state index is 0.121. The van der Waals surface area contributed by atoms with Crippen LogP contribution in [0.15, 0.2) is 23.3 Å². The Morgan fingerprint density at radius 1 is 1.47 bits per heavy atom. The number of hydrogen-bond acceptors (Lipinski definition) is 2. The van der Waals surface area contributed by atoms with Crippen molar-refractivity contribution in [1.29, 1.82) is 0 Å². The normalized spacial score (nSPS) is 18.9. The van der Waals surface area contributed by atoms with E-state index in [1.807, 2.05) is 6.07 Å². The lowest BCUT2D eigenvalue weighted by molar-refractivity contribution is 0.413. The molecule has 0 fully saturated rings. The molecule has 1 aliphatic carbocycles. The Hall–Kier alpha value is -1.67. The quantitative estimate of drug-likeness (QED) is 0.414. The molecule has 0 spiro atoms. The van der Waals surface area contributed by atoms with Gasteiger partial charge >= 0.3 is 0 Å². The van der Waals surface area contributed by atoms with Crippen molar-refractivity contribution in [3.8, 4) is 5.75 Å². The van der Waals surface area contributed by atoms with Gasteiger partial charge < -0.3 is 4.74 Å². The molecule has 0 aliphatic heterocycles. The van der Waals surface area contributed by atoms with Crippen LogP contribution in [0.2, 0.25) is 0 Å². The summed E-state index contributed by atoms with van der Waals surface area (Å²) in [6.45, 7) is 0. The van der Waals surface area contributed by atoms with Gasteiger partial charge in [-0.15, -0.1) is 0 Å². The molecule has 4 nitrogen and oxygen atoms in total. The summed E-state index contributed by atoms with van der Waals surface area (Å²) < 4.78 is 5.17. The van der Waals surface area contributed by atoms with E-state index in [1.165, 1.54) is 11.1 Å². The van der Waals surface area contributed by atoms with Gasteiger partial charge in [0, 0.05) is 11.0 Å². The van der Waals surface area contributed by atoms with Crippen molar-refractivity contribution >= 4 is 0 Å². The number of ether oxygens (including phenoxy) is 1. The van der Waals surface area contributed by atoms with Crippen molar-refractivity contribution in [2.45, 2.75) is 25.3 Å². The molecule has 0 aromatic heterocycles. The lowest BCUT2D eigenvalue weighted by atomic mass is 9.88. The lowest BCUT2D eigenvalue weighted by Crippen LogP contribution is -2.16. The van der Waals surface area contributed by atoms with Crippen molar-refractivity contribution in [3.05, 3.63) is 39.8 Å². The van der Waals surface area contributed by atoms with Gasteiger partial charge in [-0.2, -0.15) is 0 Å². The molecule has 0 saturated carbocycles. The highest BCUT2D eigenvalue weighted by Gasteiger charge is 2.17. The first-order valence-corrected chi connectivity index (χ1v) is 5.03. The second kappa shape index (κ2) is 4.24. The summed E-state index contributed by atoms with van der Waals surface area (Å²) in [6, 6.07) is 6.21. The second-order valence-electron chi connectivity index (χ2n) is 3.74. The van der Waals surface area contributed by atoms with E-state index in [2.05, 4.69) is 22.2 Å². The van der Waals surface area contributed by atoms with Crippen molar-refractivity contribution in [2.75, 3.05) is 7.11 Å². The first kappa shape index (κ1) is 9.87. The Labute approximate surface area is 88.5 Å². The predicted octanol–water partition coefficient (Wildman–Crippen LogP) is 2.86. The highest BCUT2D eigenvalue weighted by atomic mass is 16.5. The maximum atomic E-state index is 8.39. The van der Waals surface area contributed by atoms with Crippen molar-refractivity contribution in [2.24, 2.45) is 5.11 Å². The third-order valence-electron chi connectivity index (χ3n) is 2.83. The number of azide groups is 1. The molecule has 4 heteroatoms. The highest BCUT2D eigenvalue weighted by Crippen LogP contribution is 2.26. The van der Waals surface area contributed by atoms with E-state index in [-0.39, 0.29) is 6.04 Å². The summed E-state index contributed by atoms with van der Waals surface area (Å²) in [7, 11) is 1.67. The molecule has 0 saturated heterocycles. The molecule has 1 aliphatic rings. The molecule has 0 heterocycles. The fourth-order valence-corrected chi connectivity index (χ4v) is 2.01. The minimum Gasteiger partial charge on any atom is -0.497 e. The zero-order valence-electron chi connectivity index (χ0n) is 8.68. The van der Waals surface area contributed by atoms with Crippen LogP contribution in [0.5, 0.6) is 5.75 Å². The highest BCUT2D eigenvalue weighted by molar-refractivity contribution is 5.37. The van der Waals surface area contributed by atoms with Crippen molar-refractivity contribution < 1.29 is 4.74 Å². The smallest absolute Gasteiger partial charge is 0.119 e. The van der Waals surface area contributed by atoms with E-state index in [0.717, 1.165) is 25.0 Å². The molecule has 1 unspecified atom stereocenters. The van der Waals surface area contributed by atoms with Crippen LogP contribution in [0, 0.1) is 0 Å². The maximum Gasteiger partial charge on any atom is 0.119 e. The van der Waals surface area contributed by atoms with Gasteiger partial charge in [0.1, 0.15) is 5.75 Å². The van der Waals surface area contributed by atoms with Crippen LogP contribution in [0.25, 0.3) is 10.4 Å². The van der Waals surface area contributed by atoms with E-state index in [1.54, 1.807) is 7.11 Å². The monoisotopic (exact) mass is 203 g/mol. The summed E-state index contributed by atoms with van der Waals surface area (Å²) >= 11 is 0. The molecule has 1 aromatic carbocycles. The van der Waals surface area contributed by atoms with Crippen LogP contribution in [0.1, 0.15) is 17.5 Å². The summed E-state index contributed by atoms with van der Waals surface area (Å²) in [6.07, 6.45) is 2.75. The molecule has 15 heavy (non-hydrogen) atoms. The standard InChI is InChI=1S/C11H13N3O/c1-15-11-5-3-8-6-10(13-14-12)4-2-9(8)7-11/h3,5,7,10H,2,4,6H2,1H3. The van der Waals surface area contributed by atoms with Crippen LogP contribution >= 0.6 is 0 Å². The SMILES string of the molecule is COc1ccc2c(c1)CCC(N=[N+]=[N-])C2. The average molecular weight is 203 g/mol. The van der Waals surface area contributed by atoms with Crippen LogP contribution in [-0.4, -0.2) is 13.2 Å². The van der Waals surface area contributed by atoms with Crippen LogP contribution in [0.4, 0.5) is 0 Å². The number of aryl methyl sites for hydroxylation is 1. The maximum absolute atomic E-state index is 8.39. The molecule has 2 rings (SSSR count). The van der Waals surface area contributed by atoms with Gasteiger partial charge in [0.05, 0.1) is 7.11 Å². The third-order valence-corrected chi connectivity index (χ3v) is 2.83. The Morgan fingerprint density at radius 2 is 2.33 bits per heavy atom. The Bertz CT molecular complexity index is 410. The number of hydrogen-bond donors (Lipinski definition) is 0. The van der Waals surface area contributed by atoms with Crippen LogP contribution < -0.4 is 4.74 Å². The summed E-state index contributed by atoms with van der Waals surface area (Å²) in [5, 5.41) is 3.77. The molecular formula is C11H13N3O. The van der Waals surface area contributed by atoms with Gasteiger partial charge in [-0.05, 0) is 48.1 Å². The van der Waals surface area contributed by atoms with Crippen LogP contribution in [-0.2, 0) is 12.8 Å². The summed E-state index contributed by atoms with van der Waals surface area (Å²) in [4.78, 5) is 2.87. The van der Waals surface area contributed by atoms with Gasteiger partial charge in [-0.1, -0.05) is 11.2 Å². The fourth-order valence-electron chi connectivity index (χ4n) is 2.01. The fraction of sp³-hybridized carbons (Fsp3) is 0.455. The van der Waals surface area contributed by atoms with Gasteiger partial charge in [0.25, 0.3) is 0 Å². The molecule has 0 amide bonds. The van der Waals surface area contributed by atoms with E-state index in [9.17, 15) is 0 Å². The molecule has 1 atom stereocenters. The Kier molecular flexibility index (Phi) is 2.79. The van der Waals surface area contributed by atoms with Crippen LogP contribution in [0.3, 0.4) is 0 Å². The number of rotatable bonds is 2. The van der Waals surface area contributed by atoms with Gasteiger partial charge in [0.2, 0.25) is 0 Å². The molecule has 0 N–H and O–H groups in total. The summed E-state index contributed by atoms with van der Waals surface area (Å²) in [5.74, 6) is 0.899. The van der Waals surface area contributed by atoms with E-state index < -0.39 is 0 Å². The molecule has 0 bridgehead atoms. The molecule has 1 aromatic rings. The number of benzene rings is 1. The van der Waals surface area contributed by atoms with Crippen molar-refractivity contribution in [1.82, 2.24) is 0 Å². The Morgan fingerprint density at radius 3 is 3.07 bits per heavy atom. The largest absolute Gasteiger partial charge is 0.497 e. The zero-order chi connectivity index (χ0) is 10.7. The lowest BCUT2D eigenvalue weighted by Gasteiger charge is -2.21. The van der Waals surface area contributed by atoms with Gasteiger partial charge in [0.15, 0.2) is 0 Å². The first-order valence-electron chi connectivity index (χ1n) is 5.03. The first-order chi connectivity index (χ1) is 7.33.